The van der Waals surface area contributed by atoms with Gasteiger partial charge in [0.25, 0.3) is 0 Å². The summed E-state index contributed by atoms with van der Waals surface area (Å²) in [5.41, 5.74) is 5.26. The molecule has 0 N–H and O–H groups in total. The first-order valence-corrected chi connectivity index (χ1v) is 9.38. The van der Waals surface area contributed by atoms with Crippen molar-refractivity contribution in [3.05, 3.63) is 65.4 Å². The van der Waals surface area contributed by atoms with Gasteiger partial charge in [-0.2, -0.15) is 5.10 Å². The van der Waals surface area contributed by atoms with Crippen molar-refractivity contribution in [1.82, 2.24) is 14.6 Å². The van der Waals surface area contributed by atoms with Crippen molar-refractivity contribution in [1.29, 1.82) is 0 Å². The van der Waals surface area contributed by atoms with E-state index in [0.717, 1.165) is 33.7 Å². The molecule has 0 atom stereocenters. The number of aromatic nitrogens is 3. The van der Waals surface area contributed by atoms with Crippen LogP contribution in [-0.2, 0) is 11.3 Å². The maximum absolute atomic E-state index is 6.07. The quantitative estimate of drug-likeness (QED) is 0.454. The maximum atomic E-state index is 6.07. The SMILES string of the molecule is COCc1nn2c(-c3ccc(OC)c(OC)c3)ccnc2c1-c1ccc(Cl)cc1. The molecule has 0 aliphatic heterocycles. The molecule has 29 heavy (non-hydrogen) atoms. The van der Waals surface area contributed by atoms with Crippen LogP contribution in [0.15, 0.2) is 54.7 Å². The minimum absolute atomic E-state index is 0.368. The lowest BCUT2D eigenvalue weighted by molar-refractivity contribution is 0.181. The Balaban J connectivity index is 1.94. The van der Waals surface area contributed by atoms with E-state index in [1.54, 1.807) is 27.5 Å². The van der Waals surface area contributed by atoms with Crippen molar-refractivity contribution in [2.75, 3.05) is 21.3 Å². The van der Waals surface area contributed by atoms with E-state index in [-0.39, 0.29) is 0 Å². The van der Waals surface area contributed by atoms with E-state index in [1.165, 1.54) is 0 Å². The van der Waals surface area contributed by atoms with E-state index in [0.29, 0.717) is 23.1 Å². The Bertz CT molecular complexity index is 1160. The van der Waals surface area contributed by atoms with Gasteiger partial charge in [0.05, 0.1) is 37.8 Å². The van der Waals surface area contributed by atoms with Gasteiger partial charge in [-0.3, -0.25) is 0 Å². The highest BCUT2D eigenvalue weighted by atomic mass is 35.5. The molecule has 2 aromatic heterocycles. The highest BCUT2D eigenvalue weighted by molar-refractivity contribution is 6.30. The summed E-state index contributed by atoms with van der Waals surface area (Å²) >= 11 is 6.07. The van der Waals surface area contributed by atoms with Crippen LogP contribution in [0.3, 0.4) is 0 Å². The fourth-order valence-corrected chi connectivity index (χ4v) is 3.48. The maximum Gasteiger partial charge on any atom is 0.163 e. The summed E-state index contributed by atoms with van der Waals surface area (Å²) in [6.45, 7) is 0.368. The Morgan fingerprint density at radius 3 is 2.31 bits per heavy atom. The Morgan fingerprint density at radius 2 is 1.62 bits per heavy atom. The number of hydrogen-bond donors (Lipinski definition) is 0. The number of hydrogen-bond acceptors (Lipinski definition) is 5. The highest BCUT2D eigenvalue weighted by Gasteiger charge is 2.19. The lowest BCUT2D eigenvalue weighted by Gasteiger charge is -2.10. The lowest BCUT2D eigenvalue weighted by Crippen LogP contribution is -1.98. The normalized spacial score (nSPS) is 11.0. The van der Waals surface area contributed by atoms with Crippen molar-refractivity contribution in [2.24, 2.45) is 0 Å². The zero-order valence-corrected chi connectivity index (χ0v) is 17.1. The molecule has 0 saturated heterocycles. The predicted molar refractivity (Wildman–Crippen MR) is 113 cm³/mol. The molecule has 0 saturated carbocycles. The average molecular weight is 410 g/mol. The molecule has 4 aromatic rings. The zero-order chi connectivity index (χ0) is 20.4. The third kappa shape index (κ3) is 3.52. The number of fused-ring (bicyclic) bond motifs is 1. The minimum Gasteiger partial charge on any atom is -0.493 e. The Labute approximate surface area is 173 Å². The molecule has 148 valence electrons. The lowest BCUT2D eigenvalue weighted by atomic mass is 10.1. The molecule has 0 unspecified atom stereocenters. The number of methoxy groups -OCH3 is 3. The molecule has 7 heteroatoms. The van der Waals surface area contributed by atoms with Crippen molar-refractivity contribution in [3.63, 3.8) is 0 Å². The monoisotopic (exact) mass is 409 g/mol. The van der Waals surface area contributed by atoms with Crippen LogP contribution in [0.4, 0.5) is 0 Å². The molecule has 0 radical (unpaired) electrons. The number of nitrogens with zero attached hydrogens (tertiary/aromatic N) is 3. The van der Waals surface area contributed by atoms with Crippen molar-refractivity contribution in [2.45, 2.75) is 6.61 Å². The molecule has 2 aromatic carbocycles. The van der Waals surface area contributed by atoms with Gasteiger partial charge in [-0.25, -0.2) is 9.50 Å². The molecule has 0 spiro atoms. The molecule has 0 aliphatic rings. The number of rotatable bonds is 6. The van der Waals surface area contributed by atoms with Gasteiger partial charge in [-0.15, -0.1) is 0 Å². The number of halogens is 1. The number of ether oxygens (including phenoxy) is 3. The zero-order valence-electron chi connectivity index (χ0n) is 16.3. The van der Waals surface area contributed by atoms with E-state index in [9.17, 15) is 0 Å². The van der Waals surface area contributed by atoms with E-state index in [1.807, 2.05) is 53.0 Å². The van der Waals surface area contributed by atoms with Gasteiger partial charge in [0.1, 0.15) is 0 Å². The average Bonchev–Trinajstić information content (AvgIpc) is 3.12. The molecule has 2 heterocycles. The van der Waals surface area contributed by atoms with Crippen LogP contribution in [0.25, 0.3) is 28.0 Å². The Kier molecular flexibility index (Phi) is 5.38. The minimum atomic E-state index is 0.368. The van der Waals surface area contributed by atoms with E-state index in [4.69, 9.17) is 30.9 Å². The smallest absolute Gasteiger partial charge is 0.163 e. The van der Waals surface area contributed by atoms with Crippen molar-refractivity contribution in [3.8, 4) is 33.9 Å². The van der Waals surface area contributed by atoms with Gasteiger partial charge in [0, 0.05) is 23.9 Å². The summed E-state index contributed by atoms with van der Waals surface area (Å²) in [5, 5.41) is 5.48. The van der Waals surface area contributed by atoms with Gasteiger partial charge >= 0.3 is 0 Å². The van der Waals surface area contributed by atoms with Crippen LogP contribution in [-0.4, -0.2) is 35.9 Å². The molecular formula is C22H20ClN3O3. The van der Waals surface area contributed by atoms with Crippen LogP contribution < -0.4 is 9.47 Å². The topological polar surface area (TPSA) is 57.9 Å². The van der Waals surface area contributed by atoms with Gasteiger partial charge < -0.3 is 14.2 Å². The van der Waals surface area contributed by atoms with Crippen molar-refractivity contribution < 1.29 is 14.2 Å². The second-order valence-corrected chi connectivity index (χ2v) is 6.83. The molecule has 6 nitrogen and oxygen atoms in total. The number of benzene rings is 2. The van der Waals surface area contributed by atoms with Gasteiger partial charge in [-0.1, -0.05) is 23.7 Å². The third-order valence-electron chi connectivity index (χ3n) is 4.68. The Hall–Kier alpha value is -3.09. The molecule has 4 rings (SSSR count). The summed E-state index contributed by atoms with van der Waals surface area (Å²) in [6.07, 6.45) is 1.78. The third-order valence-corrected chi connectivity index (χ3v) is 4.94. The van der Waals surface area contributed by atoms with E-state index < -0.39 is 0 Å². The summed E-state index contributed by atoms with van der Waals surface area (Å²) in [6, 6.07) is 15.3. The summed E-state index contributed by atoms with van der Waals surface area (Å²) in [5.74, 6) is 1.32. The van der Waals surface area contributed by atoms with E-state index in [2.05, 4.69) is 4.98 Å². The van der Waals surface area contributed by atoms with Crippen LogP contribution in [0.1, 0.15) is 5.69 Å². The molecule has 0 amide bonds. The predicted octanol–water partition coefficient (Wildman–Crippen LogP) is 4.88. The van der Waals surface area contributed by atoms with Crippen molar-refractivity contribution >= 4 is 17.2 Å². The van der Waals surface area contributed by atoms with Crippen LogP contribution in [0.2, 0.25) is 5.02 Å². The van der Waals surface area contributed by atoms with Crippen LogP contribution in [0.5, 0.6) is 11.5 Å². The summed E-state index contributed by atoms with van der Waals surface area (Å²) < 4.78 is 18.0. The molecule has 0 fully saturated rings. The van der Waals surface area contributed by atoms with Gasteiger partial charge in [-0.05, 0) is 42.0 Å². The largest absolute Gasteiger partial charge is 0.493 e. The first kappa shape index (κ1) is 19.2. The summed E-state index contributed by atoms with van der Waals surface area (Å²) in [4.78, 5) is 4.60. The second-order valence-electron chi connectivity index (χ2n) is 6.40. The molecular weight excluding hydrogens is 390 g/mol. The van der Waals surface area contributed by atoms with Gasteiger partial charge in [0.15, 0.2) is 17.1 Å². The highest BCUT2D eigenvalue weighted by Crippen LogP contribution is 2.35. The Morgan fingerprint density at radius 1 is 0.897 bits per heavy atom. The van der Waals surface area contributed by atoms with Crippen LogP contribution in [0, 0.1) is 0 Å². The first-order chi connectivity index (χ1) is 14.2. The second kappa shape index (κ2) is 8.11. The standard InChI is InChI=1S/C22H20ClN3O3/c1-27-13-17-21(14-4-7-16(23)8-5-14)22-24-11-10-18(26(22)25-17)15-6-9-19(28-2)20(12-15)29-3/h4-12H,13H2,1-3H3. The fraction of sp³-hybridized carbons (Fsp3) is 0.182. The molecule has 0 bridgehead atoms. The van der Waals surface area contributed by atoms with E-state index >= 15 is 0 Å². The van der Waals surface area contributed by atoms with Crippen LogP contribution >= 0.6 is 11.6 Å². The first-order valence-electron chi connectivity index (χ1n) is 9.00. The van der Waals surface area contributed by atoms with Gasteiger partial charge in [0.2, 0.25) is 0 Å². The summed E-state index contributed by atoms with van der Waals surface area (Å²) in [7, 11) is 4.89. The molecule has 0 aliphatic carbocycles. The fourth-order valence-electron chi connectivity index (χ4n) is 3.35.